The normalized spacial score (nSPS) is 22.1. The topological polar surface area (TPSA) is 69.3 Å². The molecule has 114 valence electrons. The molecule has 2 aliphatic rings. The van der Waals surface area contributed by atoms with Gasteiger partial charge in [0.1, 0.15) is 11.9 Å². The van der Waals surface area contributed by atoms with E-state index in [0.717, 1.165) is 44.5 Å². The molecule has 1 atom stereocenters. The molecular weight excluding hydrogens is 268 g/mol. The number of rotatable bonds is 4. The molecule has 6 heteroatoms. The summed E-state index contributed by atoms with van der Waals surface area (Å²) in [5.74, 6) is 1.15. The second-order valence-corrected chi connectivity index (χ2v) is 6.05. The number of nitrogens with one attached hydrogen (secondary N) is 1. The van der Waals surface area contributed by atoms with Crippen LogP contribution >= 0.6 is 0 Å². The molecule has 0 aromatic carbocycles. The highest BCUT2D eigenvalue weighted by molar-refractivity contribution is 5.89. The molecule has 1 aliphatic heterocycles. The van der Waals surface area contributed by atoms with Crippen molar-refractivity contribution in [1.29, 1.82) is 0 Å². The average molecular weight is 290 g/mol. The van der Waals surface area contributed by atoms with Crippen molar-refractivity contribution in [1.82, 2.24) is 19.8 Å². The smallest absolute Gasteiger partial charge is 0.245 e. The Balaban J connectivity index is 1.66. The van der Waals surface area contributed by atoms with Gasteiger partial charge in [0.25, 0.3) is 0 Å². The number of carbonyl (C=O) groups excluding carboxylic acids is 2. The van der Waals surface area contributed by atoms with Crippen molar-refractivity contribution in [2.24, 2.45) is 5.92 Å². The molecule has 1 saturated heterocycles. The summed E-state index contributed by atoms with van der Waals surface area (Å²) in [6, 6.07) is -0.285. The highest BCUT2D eigenvalue weighted by Crippen LogP contribution is 2.33. The monoisotopic (exact) mass is 290 g/mol. The van der Waals surface area contributed by atoms with E-state index in [2.05, 4.69) is 9.97 Å². The van der Waals surface area contributed by atoms with Gasteiger partial charge >= 0.3 is 0 Å². The van der Waals surface area contributed by atoms with Crippen LogP contribution in [0, 0.1) is 5.92 Å². The quantitative estimate of drug-likeness (QED) is 0.904. The van der Waals surface area contributed by atoms with Gasteiger partial charge in [0.15, 0.2) is 0 Å². The van der Waals surface area contributed by atoms with Crippen molar-refractivity contribution in [3.8, 4) is 0 Å². The molecule has 1 saturated carbocycles. The summed E-state index contributed by atoms with van der Waals surface area (Å²) < 4.78 is 0. The van der Waals surface area contributed by atoms with E-state index in [1.165, 1.54) is 0 Å². The van der Waals surface area contributed by atoms with E-state index in [-0.39, 0.29) is 23.8 Å². The fourth-order valence-corrected chi connectivity index (χ4v) is 2.96. The maximum atomic E-state index is 12.7. The van der Waals surface area contributed by atoms with Crippen molar-refractivity contribution in [3.05, 3.63) is 18.2 Å². The van der Waals surface area contributed by atoms with Crippen molar-refractivity contribution in [2.75, 3.05) is 13.6 Å². The van der Waals surface area contributed by atoms with Crippen LogP contribution in [0.15, 0.2) is 12.4 Å². The number of H-pyrrole nitrogens is 1. The summed E-state index contributed by atoms with van der Waals surface area (Å²) in [4.78, 5) is 35.7. The zero-order valence-corrected chi connectivity index (χ0v) is 12.4. The standard InChI is InChI=1S/C15H22N4O2/c1-18(10-13-16-7-8-17-13)15(21)12-4-2-3-9-19(12)14(20)11-5-6-11/h7-8,11-12H,2-6,9-10H2,1H3,(H,16,17)/t12-/m1/s1. The third kappa shape index (κ3) is 3.09. The van der Waals surface area contributed by atoms with Gasteiger partial charge in [-0.25, -0.2) is 4.98 Å². The van der Waals surface area contributed by atoms with Gasteiger partial charge in [0, 0.05) is 31.9 Å². The third-order valence-corrected chi connectivity index (χ3v) is 4.32. The van der Waals surface area contributed by atoms with Gasteiger partial charge in [-0.1, -0.05) is 0 Å². The number of aromatic nitrogens is 2. The molecule has 21 heavy (non-hydrogen) atoms. The molecule has 0 radical (unpaired) electrons. The van der Waals surface area contributed by atoms with E-state index in [1.54, 1.807) is 24.3 Å². The lowest BCUT2D eigenvalue weighted by molar-refractivity contribution is -0.148. The highest BCUT2D eigenvalue weighted by Gasteiger charge is 2.40. The molecule has 1 aromatic rings. The second kappa shape index (κ2) is 5.87. The van der Waals surface area contributed by atoms with Crippen molar-refractivity contribution < 1.29 is 9.59 Å². The Morgan fingerprint density at radius 2 is 2.19 bits per heavy atom. The highest BCUT2D eigenvalue weighted by atomic mass is 16.2. The number of hydrogen-bond donors (Lipinski definition) is 1. The van der Waals surface area contributed by atoms with E-state index in [4.69, 9.17) is 0 Å². The first-order valence-corrected chi connectivity index (χ1v) is 7.70. The fraction of sp³-hybridized carbons (Fsp3) is 0.667. The molecule has 0 unspecified atom stereocenters. The van der Waals surface area contributed by atoms with Gasteiger partial charge in [-0.15, -0.1) is 0 Å². The molecule has 2 fully saturated rings. The van der Waals surface area contributed by atoms with Crippen LogP contribution in [0.4, 0.5) is 0 Å². The molecule has 0 spiro atoms. The Bertz CT molecular complexity index is 510. The van der Waals surface area contributed by atoms with Crippen LogP contribution in [0.3, 0.4) is 0 Å². The number of carbonyl (C=O) groups is 2. The Kier molecular flexibility index (Phi) is 3.94. The van der Waals surface area contributed by atoms with Gasteiger partial charge < -0.3 is 14.8 Å². The SMILES string of the molecule is CN(Cc1ncc[nH]1)C(=O)[C@H]1CCCCN1C(=O)C1CC1. The Hall–Kier alpha value is -1.85. The molecule has 6 nitrogen and oxygen atoms in total. The zero-order chi connectivity index (χ0) is 14.8. The van der Waals surface area contributed by atoms with Crippen molar-refractivity contribution in [2.45, 2.75) is 44.7 Å². The molecule has 0 bridgehead atoms. The van der Waals surface area contributed by atoms with E-state index >= 15 is 0 Å². The van der Waals surface area contributed by atoms with Gasteiger partial charge in [0.05, 0.1) is 6.54 Å². The summed E-state index contributed by atoms with van der Waals surface area (Å²) in [7, 11) is 1.78. The predicted octanol–water partition coefficient (Wildman–Crippen LogP) is 1.16. The lowest BCUT2D eigenvalue weighted by Gasteiger charge is -2.36. The Morgan fingerprint density at radius 3 is 2.86 bits per heavy atom. The number of likely N-dealkylation sites (N-methyl/N-ethyl adjacent to an activating group) is 1. The minimum atomic E-state index is -0.285. The lowest BCUT2D eigenvalue weighted by Crippen LogP contribution is -2.52. The number of nitrogens with zero attached hydrogens (tertiary/aromatic N) is 3. The van der Waals surface area contributed by atoms with Gasteiger partial charge in [-0.2, -0.15) is 0 Å². The third-order valence-electron chi connectivity index (χ3n) is 4.32. The van der Waals surface area contributed by atoms with Crippen LogP contribution in [0.1, 0.15) is 37.9 Å². The van der Waals surface area contributed by atoms with Gasteiger partial charge in [-0.3, -0.25) is 9.59 Å². The van der Waals surface area contributed by atoms with Crippen LogP contribution in [-0.4, -0.2) is 51.2 Å². The van der Waals surface area contributed by atoms with Crippen LogP contribution in [0.2, 0.25) is 0 Å². The predicted molar refractivity (Wildman–Crippen MR) is 77.1 cm³/mol. The molecule has 2 amide bonds. The Labute approximate surface area is 124 Å². The molecular formula is C15H22N4O2. The summed E-state index contributed by atoms with van der Waals surface area (Å²) >= 11 is 0. The lowest BCUT2D eigenvalue weighted by atomic mass is 10.00. The van der Waals surface area contributed by atoms with E-state index in [1.807, 2.05) is 4.90 Å². The molecule has 1 aliphatic carbocycles. The number of hydrogen-bond acceptors (Lipinski definition) is 3. The first kappa shape index (κ1) is 14.1. The van der Waals surface area contributed by atoms with Crippen LogP contribution < -0.4 is 0 Å². The summed E-state index contributed by atoms with van der Waals surface area (Å²) in [5.41, 5.74) is 0. The minimum Gasteiger partial charge on any atom is -0.347 e. The largest absolute Gasteiger partial charge is 0.347 e. The van der Waals surface area contributed by atoms with E-state index < -0.39 is 0 Å². The van der Waals surface area contributed by atoms with Crippen LogP contribution in [-0.2, 0) is 16.1 Å². The minimum absolute atomic E-state index is 0.0279. The first-order chi connectivity index (χ1) is 10.2. The number of imidazole rings is 1. The zero-order valence-electron chi connectivity index (χ0n) is 12.4. The summed E-state index contributed by atoms with van der Waals surface area (Å²) in [6.07, 6.45) is 8.19. The van der Waals surface area contributed by atoms with Gasteiger partial charge in [0.2, 0.25) is 11.8 Å². The molecule has 1 aromatic heterocycles. The molecule has 3 rings (SSSR count). The molecule has 2 heterocycles. The van der Waals surface area contributed by atoms with Gasteiger partial charge in [-0.05, 0) is 32.1 Å². The van der Waals surface area contributed by atoms with Crippen molar-refractivity contribution in [3.63, 3.8) is 0 Å². The van der Waals surface area contributed by atoms with Crippen LogP contribution in [0.5, 0.6) is 0 Å². The maximum Gasteiger partial charge on any atom is 0.245 e. The van der Waals surface area contributed by atoms with Crippen molar-refractivity contribution >= 4 is 11.8 Å². The first-order valence-electron chi connectivity index (χ1n) is 7.70. The average Bonchev–Trinajstić information content (AvgIpc) is 3.24. The second-order valence-electron chi connectivity index (χ2n) is 6.05. The number of piperidine rings is 1. The summed E-state index contributed by atoms with van der Waals surface area (Å²) in [6.45, 7) is 1.17. The van der Waals surface area contributed by atoms with E-state index in [0.29, 0.717) is 6.54 Å². The number of aromatic amines is 1. The maximum absolute atomic E-state index is 12.7. The fourth-order valence-electron chi connectivity index (χ4n) is 2.96. The van der Waals surface area contributed by atoms with Crippen LogP contribution in [0.25, 0.3) is 0 Å². The summed E-state index contributed by atoms with van der Waals surface area (Å²) in [5, 5.41) is 0. The molecule has 1 N–H and O–H groups in total. The number of likely N-dealkylation sites (tertiary alicyclic amines) is 1. The number of amides is 2. The Morgan fingerprint density at radius 1 is 1.38 bits per heavy atom. The van der Waals surface area contributed by atoms with E-state index in [9.17, 15) is 9.59 Å².